The van der Waals surface area contributed by atoms with Crippen LogP contribution in [-0.4, -0.2) is 284 Å². The number of aromatic nitrogens is 13. The number of piperazine rings is 1. The highest BCUT2D eigenvalue weighted by Gasteiger charge is 2.53. The molecular weight excluding hydrogens is 1700 g/mol. The Morgan fingerprint density at radius 2 is 1.55 bits per heavy atom. The van der Waals surface area contributed by atoms with E-state index in [-0.39, 0.29) is 93.3 Å². The molecule has 6 aromatic heterocycles. The molecule has 10 heterocycles. The summed E-state index contributed by atoms with van der Waals surface area (Å²) in [6.07, 6.45) is 19.0. The number of amides is 2. The number of unbranched alkanes of at least 4 members (excludes halogenated alkanes) is 1. The van der Waals surface area contributed by atoms with Crippen molar-refractivity contribution in [1.29, 1.82) is 0 Å². The first-order chi connectivity index (χ1) is 63.7. The van der Waals surface area contributed by atoms with Crippen LogP contribution >= 0.6 is 0 Å². The van der Waals surface area contributed by atoms with Gasteiger partial charge >= 0.3 is 5.97 Å². The molecule has 1 aliphatic carbocycles. The number of aliphatic hydroxyl groups is 4. The summed E-state index contributed by atoms with van der Waals surface area (Å²) in [5.41, 5.74) is 27.4. The summed E-state index contributed by atoms with van der Waals surface area (Å²) >= 11 is 0. The van der Waals surface area contributed by atoms with Gasteiger partial charge in [-0.15, -0.1) is 10.2 Å². The zero-order valence-electron chi connectivity index (χ0n) is 76.7. The number of aryl methyl sites for hydroxylation is 1. The average Bonchev–Trinajstić information content (AvgIpc) is 1.46. The minimum atomic E-state index is -2.51. The standard InChI is InChI=1S/C94H128N20O18/c1-57-17-10-9-11-18-58(2)78(125-7)47-70-25-22-62(6)94(124,132-70)87(121)90(122)112-30-14-12-21-74(112)91(123)130-79(48-76(116)59(3)42-61(5)85(119)86(120)84(118)60(4)41-57)71(95)43-63-23-26-73(80(44-63)126-8)114-75(51-103-107-114)65-20-16-19-64(45-65)67-49-99-93(100-50-67)110-33-32-109(69(54-110)55-115)52-68-53-111(108-105-68)34-36-128-38-40-129-39-37-127-35-28-81(117)98-29-13-15-31-113-89-82(88(96)101-56-102-89)83(106-113)66-24-27-77-72(46-66)104-92(97)131-77/h9-11,16-20,24,27,42,45-46,49-51,53,56-57,59-60,62-63,69-71,73-74,78-80,85-86,115,119-120,124H,12-15,21-23,25-26,28-41,43-44,47-48,52,54-55,95H2,1-8H3,(H2,97,104)(H,98,117)(H2,96,101,102)/b11-9+,17-10+,58-18+,61-42+/t57-,59-,60-,62-,63+,69?,70+,71-,73+,74+,78+,79+,80-,85-,86+,94-/m1/s1. The fourth-order valence-electron chi connectivity index (χ4n) is 18.4. The third-order valence-corrected chi connectivity index (χ3v) is 26.1. The summed E-state index contributed by atoms with van der Waals surface area (Å²) in [5, 5.41) is 71.8. The highest BCUT2D eigenvalue weighted by atomic mass is 16.6. The minimum Gasteiger partial charge on any atom is -0.459 e. The maximum absolute atomic E-state index is 14.9. The number of carbonyl (C=O) groups excluding carboxylic acids is 6. The maximum atomic E-state index is 14.9. The Kier molecular flexibility index (Phi) is 34.9. The van der Waals surface area contributed by atoms with Gasteiger partial charge in [0, 0.05) is 138 Å². The molecule has 0 radical (unpaired) electrons. The second-order valence-corrected chi connectivity index (χ2v) is 35.6. The van der Waals surface area contributed by atoms with E-state index in [0.717, 1.165) is 50.5 Å². The number of allylic oxidation sites excluding steroid dienone is 6. The summed E-state index contributed by atoms with van der Waals surface area (Å²) in [6, 6.07) is 10.8. The molecule has 13 rings (SSSR count). The lowest BCUT2D eigenvalue weighted by Gasteiger charge is -2.42. The number of fused-ring (bicyclic) bond motifs is 5. The number of oxazole rings is 1. The van der Waals surface area contributed by atoms with E-state index in [2.05, 4.69) is 50.7 Å². The molecule has 5 aliphatic rings. The van der Waals surface area contributed by atoms with Gasteiger partial charge in [0.1, 0.15) is 53.5 Å². The van der Waals surface area contributed by atoms with Crippen LogP contribution in [0.25, 0.3) is 55.8 Å². The van der Waals surface area contributed by atoms with Crippen LogP contribution in [0.3, 0.4) is 0 Å². The lowest BCUT2D eigenvalue weighted by molar-refractivity contribution is -0.265. The van der Waals surface area contributed by atoms with Gasteiger partial charge < -0.3 is 90.3 Å². The number of methoxy groups -OCH3 is 2. The number of carbonyl (C=O) groups is 6. The van der Waals surface area contributed by atoms with Gasteiger partial charge in [-0.1, -0.05) is 92.8 Å². The van der Waals surface area contributed by atoms with Gasteiger partial charge in [0.25, 0.3) is 17.7 Å². The van der Waals surface area contributed by atoms with E-state index in [0.29, 0.717) is 176 Å². The molecule has 8 aromatic rings. The zero-order chi connectivity index (χ0) is 93.7. The van der Waals surface area contributed by atoms with Crippen molar-refractivity contribution in [3.8, 4) is 33.6 Å². The van der Waals surface area contributed by atoms with Crippen molar-refractivity contribution in [3.63, 3.8) is 0 Å². The molecule has 4 aliphatic heterocycles. The highest BCUT2D eigenvalue weighted by Crippen LogP contribution is 2.42. The molecular formula is C94H128N20O18. The Bertz CT molecular complexity index is 5340. The molecule has 4 fully saturated rings. The van der Waals surface area contributed by atoms with Crippen molar-refractivity contribution in [2.24, 2.45) is 35.3 Å². The number of ketones is 3. The zero-order valence-corrected chi connectivity index (χ0v) is 76.7. The molecule has 38 heteroatoms. The van der Waals surface area contributed by atoms with Crippen molar-refractivity contribution in [1.82, 2.24) is 79.8 Å². The van der Waals surface area contributed by atoms with Gasteiger partial charge in [0.15, 0.2) is 17.0 Å². The number of Topliss-reactive ketones (excluding diaryl/α,β-unsaturated/α-hetero) is 3. The number of hydrogen-bond donors (Lipinski definition) is 8. The van der Waals surface area contributed by atoms with Crippen molar-refractivity contribution >= 4 is 75.0 Å². The number of ether oxygens (including phenoxy) is 7. The fourth-order valence-corrected chi connectivity index (χ4v) is 18.4. The molecule has 0 spiro atoms. The molecule has 1 saturated carbocycles. The minimum absolute atomic E-state index is 0.00436. The molecule has 3 saturated heterocycles. The second-order valence-electron chi connectivity index (χ2n) is 35.6. The van der Waals surface area contributed by atoms with Gasteiger partial charge in [-0.3, -0.25) is 28.9 Å². The van der Waals surface area contributed by atoms with Crippen molar-refractivity contribution in [2.75, 3.05) is 110 Å². The Hall–Kier alpha value is -10.9. The molecule has 38 nitrogen and oxygen atoms in total. The van der Waals surface area contributed by atoms with E-state index in [1.165, 1.54) is 19.3 Å². The molecule has 2 bridgehead atoms. The Morgan fingerprint density at radius 3 is 2.33 bits per heavy atom. The van der Waals surface area contributed by atoms with Crippen LogP contribution in [0.1, 0.15) is 150 Å². The molecule has 2 aromatic carbocycles. The third-order valence-electron chi connectivity index (χ3n) is 26.1. The lowest BCUT2D eigenvalue weighted by Crippen LogP contribution is -2.61. The predicted molar refractivity (Wildman–Crippen MR) is 489 cm³/mol. The number of cyclic esters (lactones) is 1. The molecule has 712 valence electrons. The van der Waals surface area contributed by atoms with Crippen molar-refractivity contribution in [3.05, 3.63) is 127 Å². The van der Waals surface area contributed by atoms with E-state index >= 15 is 0 Å². The molecule has 2 amide bonds. The van der Waals surface area contributed by atoms with Crippen LogP contribution in [0.2, 0.25) is 0 Å². The van der Waals surface area contributed by atoms with Crippen LogP contribution in [-0.2, 0) is 81.6 Å². The number of rotatable bonds is 30. The van der Waals surface area contributed by atoms with Gasteiger partial charge in [-0.05, 0) is 144 Å². The summed E-state index contributed by atoms with van der Waals surface area (Å²) in [4.78, 5) is 113. The van der Waals surface area contributed by atoms with Gasteiger partial charge in [0.2, 0.25) is 17.6 Å². The van der Waals surface area contributed by atoms with Gasteiger partial charge in [0.05, 0.1) is 106 Å². The van der Waals surface area contributed by atoms with Gasteiger partial charge in [-0.2, -0.15) is 10.1 Å². The Balaban J connectivity index is 0.554. The number of esters is 1. The fraction of sp³-hybridized carbons (Fsp3) is 0.574. The van der Waals surface area contributed by atoms with E-state index in [9.17, 15) is 49.2 Å². The number of nitrogens with one attached hydrogen (secondary N) is 1. The SMILES string of the molecule is CO[C@H]1C[C@@H]2CC[C@@H](C)[C@@](O)(O2)C(=O)C(=O)N2CCCC[C@H]2C(=O)O[C@H]([C@H](N)C[C@@H]2CC[C@H](n3nncc3-c3cccc(-c4cnc(N5CCN(Cc6cn(CCOCCOCCOCCC(=O)NCCCCn7nc(-c8ccc9oc(N)nc9c8)c8c(N)ncnc87)nn6)C(CO)C5)nc4)c3)[C@H](OC)C2)CC(=O)[C@H](C)/C=C(\C)[C@@H](O)[C@@H](O)C(=O)[C@H](C)C[C@H](C)/C=C/C=C/C=C/1C. The van der Waals surface area contributed by atoms with Crippen LogP contribution < -0.4 is 27.4 Å². The quantitative estimate of drug-likeness (QED) is 0.00951. The first-order valence-corrected chi connectivity index (χ1v) is 46.0. The number of nitrogens with zero attached hydrogens (tertiary/aromatic N) is 16. The maximum Gasteiger partial charge on any atom is 0.329 e. The molecule has 1 unspecified atom stereocenters. The first-order valence-electron chi connectivity index (χ1n) is 46.0. The number of hydrogen-bond acceptors (Lipinski definition) is 33. The molecule has 16 atom stereocenters. The normalized spacial score (nSPS) is 27.4. The largest absolute Gasteiger partial charge is 0.459 e. The predicted octanol–water partition coefficient (Wildman–Crippen LogP) is 7.24. The number of nitrogen functional groups attached to an aromatic ring is 2. The summed E-state index contributed by atoms with van der Waals surface area (Å²) in [5.74, 6) is -8.44. The van der Waals surface area contributed by atoms with Crippen LogP contribution in [0.15, 0.2) is 126 Å². The van der Waals surface area contributed by atoms with E-state index in [1.54, 1.807) is 69.0 Å². The average molecular weight is 1830 g/mol. The Labute approximate surface area is 767 Å². The Morgan fingerprint density at radius 1 is 0.773 bits per heavy atom. The summed E-state index contributed by atoms with van der Waals surface area (Å²) < 4.78 is 52.7. The van der Waals surface area contributed by atoms with Crippen LogP contribution in [0, 0.1) is 29.6 Å². The number of benzene rings is 2. The van der Waals surface area contributed by atoms with Crippen molar-refractivity contribution in [2.45, 2.75) is 224 Å². The number of anilines is 3. The second kappa shape index (κ2) is 46.7. The topological polar surface area (TPSA) is 505 Å². The van der Waals surface area contributed by atoms with Crippen LogP contribution in [0.4, 0.5) is 17.8 Å². The summed E-state index contributed by atoms with van der Waals surface area (Å²) in [7, 11) is 3.19. The number of nitrogens with two attached hydrogens (primary N) is 3. The van der Waals surface area contributed by atoms with Crippen molar-refractivity contribution < 1.29 is 86.8 Å². The highest BCUT2D eigenvalue weighted by molar-refractivity contribution is 6.39. The number of aliphatic hydroxyl groups excluding tert-OH is 3. The van der Waals surface area contributed by atoms with E-state index < -0.39 is 101 Å². The lowest BCUT2D eigenvalue weighted by atomic mass is 9.79. The van der Waals surface area contributed by atoms with Gasteiger partial charge in [-0.25, -0.2) is 38.8 Å². The summed E-state index contributed by atoms with van der Waals surface area (Å²) in [6.45, 7) is 16.0. The van der Waals surface area contributed by atoms with E-state index in [1.807, 2.05) is 91.5 Å². The number of piperidine rings is 1. The molecule has 132 heavy (non-hydrogen) atoms. The monoisotopic (exact) mass is 1820 g/mol. The smallest absolute Gasteiger partial charge is 0.329 e. The molecule has 11 N–H and O–H groups in total. The van der Waals surface area contributed by atoms with Crippen LogP contribution in [0.5, 0.6) is 0 Å². The third kappa shape index (κ3) is 24.9. The van der Waals surface area contributed by atoms with E-state index in [4.69, 9.17) is 69.8 Å². The first kappa shape index (κ1) is 98.6.